The van der Waals surface area contributed by atoms with Crippen LogP contribution in [-0.4, -0.2) is 25.1 Å². The monoisotopic (exact) mass is 422 g/mol. The van der Waals surface area contributed by atoms with E-state index in [2.05, 4.69) is 10.3 Å². The van der Waals surface area contributed by atoms with E-state index in [1.165, 1.54) is 12.1 Å². The van der Waals surface area contributed by atoms with Crippen LogP contribution < -0.4 is 5.32 Å². The van der Waals surface area contributed by atoms with Gasteiger partial charge in [-0.05, 0) is 42.5 Å². The van der Waals surface area contributed by atoms with Crippen LogP contribution in [0.5, 0.6) is 0 Å². The van der Waals surface area contributed by atoms with Crippen LogP contribution >= 0.6 is 11.3 Å². The van der Waals surface area contributed by atoms with E-state index in [1.807, 2.05) is 48.5 Å². The molecule has 0 unspecified atom stereocenters. The first-order valence-corrected chi connectivity index (χ1v) is 11.5. The molecule has 1 amide bonds. The molecule has 0 fully saturated rings. The Morgan fingerprint density at radius 3 is 2.55 bits per heavy atom. The van der Waals surface area contributed by atoms with Gasteiger partial charge in [-0.25, -0.2) is 13.4 Å². The number of carbonyl (C=O) groups excluding carboxylic acids is 1. The van der Waals surface area contributed by atoms with E-state index in [1.54, 1.807) is 30.4 Å². The number of carbonyl (C=O) groups is 1. The van der Waals surface area contributed by atoms with Gasteiger partial charge in [0, 0.05) is 11.1 Å². The SMILES string of the molecule is CCS(=O)(=O)c1cccc(C(=O)Nc2ccccc2-c2nc3ccccc3s2)c1. The maximum absolute atomic E-state index is 12.8. The van der Waals surface area contributed by atoms with Gasteiger partial charge in [0.05, 0.1) is 26.6 Å². The van der Waals surface area contributed by atoms with Crippen molar-refractivity contribution in [3.63, 3.8) is 0 Å². The Morgan fingerprint density at radius 1 is 1.00 bits per heavy atom. The van der Waals surface area contributed by atoms with Gasteiger partial charge in [0.1, 0.15) is 5.01 Å². The summed E-state index contributed by atoms with van der Waals surface area (Å²) in [5.41, 5.74) is 2.64. The van der Waals surface area contributed by atoms with Crippen molar-refractivity contribution in [2.45, 2.75) is 11.8 Å². The number of hydrogen-bond acceptors (Lipinski definition) is 5. The molecule has 0 aliphatic carbocycles. The van der Waals surface area contributed by atoms with Crippen LogP contribution in [0.1, 0.15) is 17.3 Å². The normalized spacial score (nSPS) is 11.5. The van der Waals surface area contributed by atoms with Crippen molar-refractivity contribution in [3.8, 4) is 10.6 Å². The Kier molecular flexibility index (Phi) is 5.17. The number of sulfone groups is 1. The molecule has 7 heteroatoms. The van der Waals surface area contributed by atoms with Gasteiger partial charge in [-0.2, -0.15) is 0 Å². The quantitative estimate of drug-likeness (QED) is 0.491. The first-order valence-electron chi connectivity index (χ1n) is 9.07. The molecule has 0 atom stereocenters. The number of hydrogen-bond donors (Lipinski definition) is 1. The van der Waals surface area contributed by atoms with Crippen LogP contribution in [0.2, 0.25) is 0 Å². The Balaban J connectivity index is 1.67. The van der Waals surface area contributed by atoms with E-state index in [0.29, 0.717) is 11.3 Å². The van der Waals surface area contributed by atoms with Crippen LogP contribution in [0.3, 0.4) is 0 Å². The fourth-order valence-corrected chi connectivity index (χ4v) is 4.89. The summed E-state index contributed by atoms with van der Waals surface area (Å²) in [6, 6.07) is 21.4. The minimum atomic E-state index is -3.38. The zero-order chi connectivity index (χ0) is 20.4. The fourth-order valence-electron chi connectivity index (χ4n) is 2.96. The van der Waals surface area contributed by atoms with E-state index in [0.717, 1.165) is 20.8 Å². The highest BCUT2D eigenvalue weighted by atomic mass is 32.2. The van der Waals surface area contributed by atoms with E-state index < -0.39 is 9.84 Å². The van der Waals surface area contributed by atoms with Crippen molar-refractivity contribution in [2.75, 3.05) is 11.1 Å². The van der Waals surface area contributed by atoms with Crippen LogP contribution in [-0.2, 0) is 9.84 Å². The van der Waals surface area contributed by atoms with Gasteiger partial charge in [0.2, 0.25) is 0 Å². The van der Waals surface area contributed by atoms with E-state index in [-0.39, 0.29) is 16.6 Å². The summed E-state index contributed by atoms with van der Waals surface area (Å²) in [5.74, 6) is -0.384. The van der Waals surface area contributed by atoms with Gasteiger partial charge in [0.25, 0.3) is 5.91 Å². The molecule has 0 saturated carbocycles. The Labute approximate surface area is 173 Å². The summed E-state index contributed by atoms with van der Waals surface area (Å²) in [7, 11) is -3.38. The zero-order valence-electron chi connectivity index (χ0n) is 15.6. The van der Waals surface area contributed by atoms with Gasteiger partial charge in [-0.3, -0.25) is 4.79 Å². The summed E-state index contributed by atoms with van der Waals surface area (Å²) in [4.78, 5) is 17.6. The number of aromatic nitrogens is 1. The number of anilines is 1. The highest BCUT2D eigenvalue weighted by Gasteiger charge is 2.16. The number of fused-ring (bicyclic) bond motifs is 1. The smallest absolute Gasteiger partial charge is 0.255 e. The fraction of sp³-hybridized carbons (Fsp3) is 0.0909. The molecule has 3 aromatic carbocycles. The van der Waals surface area contributed by atoms with Crippen molar-refractivity contribution in [2.24, 2.45) is 0 Å². The van der Waals surface area contributed by atoms with Crippen molar-refractivity contribution in [1.29, 1.82) is 0 Å². The Bertz CT molecular complexity index is 1280. The lowest BCUT2D eigenvalue weighted by Crippen LogP contribution is -2.14. The Morgan fingerprint density at radius 2 is 1.76 bits per heavy atom. The molecule has 4 rings (SSSR count). The predicted molar refractivity (Wildman–Crippen MR) is 117 cm³/mol. The predicted octanol–water partition coefficient (Wildman–Crippen LogP) is 5.01. The molecular weight excluding hydrogens is 404 g/mol. The maximum Gasteiger partial charge on any atom is 0.255 e. The first-order chi connectivity index (χ1) is 14.0. The number of benzene rings is 3. The second-order valence-electron chi connectivity index (χ2n) is 6.42. The molecule has 0 aliphatic rings. The minimum absolute atomic E-state index is 0.0154. The second kappa shape index (κ2) is 7.77. The van der Waals surface area contributed by atoms with Crippen molar-refractivity contribution in [3.05, 3.63) is 78.4 Å². The topological polar surface area (TPSA) is 76.1 Å². The van der Waals surface area contributed by atoms with E-state index in [9.17, 15) is 13.2 Å². The lowest BCUT2D eigenvalue weighted by molar-refractivity contribution is 0.102. The highest BCUT2D eigenvalue weighted by Crippen LogP contribution is 2.34. The molecule has 0 aliphatic heterocycles. The second-order valence-corrected chi connectivity index (χ2v) is 9.73. The lowest BCUT2D eigenvalue weighted by Gasteiger charge is -2.10. The van der Waals surface area contributed by atoms with Gasteiger partial charge in [-0.1, -0.05) is 37.3 Å². The summed E-state index contributed by atoms with van der Waals surface area (Å²) in [6.45, 7) is 1.58. The number of nitrogens with zero attached hydrogens (tertiary/aromatic N) is 1. The van der Waals surface area contributed by atoms with Gasteiger partial charge >= 0.3 is 0 Å². The van der Waals surface area contributed by atoms with E-state index >= 15 is 0 Å². The molecule has 1 N–H and O–H groups in total. The molecule has 4 aromatic rings. The average Bonchev–Trinajstić information content (AvgIpc) is 3.18. The zero-order valence-corrected chi connectivity index (χ0v) is 17.3. The number of nitrogens with one attached hydrogen (secondary N) is 1. The molecule has 0 radical (unpaired) electrons. The largest absolute Gasteiger partial charge is 0.321 e. The van der Waals surface area contributed by atoms with Crippen molar-refractivity contribution < 1.29 is 13.2 Å². The van der Waals surface area contributed by atoms with Crippen molar-refractivity contribution >= 4 is 43.0 Å². The third-order valence-electron chi connectivity index (χ3n) is 4.53. The minimum Gasteiger partial charge on any atom is -0.321 e. The van der Waals surface area contributed by atoms with Gasteiger partial charge in [-0.15, -0.1) is 11.3 Å². The van der Waals surface area contributed by atoms with Crippen LogP contribution in [0, 0.1) is 0 Å². The molecule has 0 spiro atoms. The van der Waals surface area contributed by atoms with Gasteiger partial charge < -0.3 is 5.32 Å². The van der Waals surface area contributed by atoms with Crippen molar-refractivity contribution in [1.82, 2.24) is 4.98 Å². The summed E-state index contributed by atoms with van der Waals surface area (Å²) in [5, 5.41) is 3.71. The molecule has 1 heterocycles. The molecule has 29 heavy (non-hydrogen) atoms. The summed E-state index contributed by atoms with van der Waals surface area (Å²) < 4.78 is 25.3. The van der Waals surface area contributed by atoms with E-state index in [4.69, 9.17) is 0 Å². The number of para-hydroxylation sites is 2. The third kappa shape index (κ3) is 3.92. The lowest BCUT2D eigenvalue weighted by atomic mass is 10.1. The molecule has 146 valence electrons. The molecule has 0 bridgehead atoms. The number of rotatable bonds is 5. The summed E-state index contributed by atoms with van der Waals surface area (Å²) >= 11 is 1.55. The molecule has 1 aromatic heterocycles. The molecule has 5 nitrogen and oxygen atoms in total. The average molecular weight is 423 g/mol. The van der Waals surface area contributed by atoms with Crippen LogP contribution in [0.4, 0.5) is 5.69 Å². The number of amides is 1. The molecular formula is C22H18N2O3S2. The molecule has 0 saturated heterocycles. The highest BCUT2D eigenvalue weighted by molar-refractivity contribution is 7.91. The third-order valence-corrected chi connectivity index (χ3v) is 7.34. The first kappa shape index (κ1) is 19.3. The Hall–Kier alpha value is -3.03. The van der Waals surface area contributed by atoms with Crippen LogP contribution in [0.15, 0.2) is 77.7 Å². The number of thiazole rings is 1. The van der Waals surface area contributed by atoms with Gasteiger partial charge in [0.15, 0.2) is 9.84 Å². The standard InChI is InChI=1S/C22H18N2O3S2/c1-2-29(26,27)16-9-7-8-15(14-16)21(25)23-18-11-4-3-10-17(18)22-24-19-12-5-6-13-20(19)28-22/h3-14H,2H2,1H3,(H,23,25). The maximum atomic E-state index is 12.8. The van der Waals surface area contributed by atoms with Crippen LogP contribution in [0.25, 0.3) is 20.8 Å². The summed E-state index contributed by atoms with van der Waals surface area (Å²) in [6.07, 6.45) is 0.